The predicted molar refractivity (Wildman–Crippen MR) is 97.7 cm³/mol. The quantitative estimate of drug-likeness (QED) is 0.406. The summed E-state index contributed by atoms with van der Waals surface area (Å²) in [7, 11) is 0. The van der Waals surface area contributed by atoms with Crippen molar-refractivity contribution in [1.82, 2.24) is 9.78 Å². The maximum absolute atomic E-state index is 13.8. The van der Waals surface area contributed by atoms with E-state index in [0.717, 1.165) is 4.68 Å². The molecule has 0 aliphatic rings. The number of amides is 1. The summed E-state index contributed by atoms with van der Waals surface area (Å²) in [5.41, 5.74) is -0.460. The maximum Gasteiger partial charge on any atom is 0.411 e. The zero-order chi connectivity index (χ0) is 23.5. The van der Waals surface area contributed by atoms with Crippen molar-refractivity contribution in [2.75, 3.05) is 11.9 Å². The van der Waals surface area contributed by atoms with Crippen molar-refractivity contribution in [2.45, 2.75) is 19.3 Å². The molecule has 1 amide bonds. The second-order valence-electron chi connectivity index (χ2n) is 6.61. The molecule has 0 aliphatic heterocycles. The van der Waals surface area contributed by atoms with Crippen molar-refractivity contribution in [3.63, 3.8) is 0 Å². The van der Waals surface area contributed by atoms with Gasteiger partial charge in [-0.3, -0.25) is 9.48 Å². The number of hydrogen-bond acceptors (Lipinski definition) is 3. The SMILES string of the molecule is O=C(Nc1ccn(Cc2c(F)c(F)cc(F)c2F)n1)c1cccc(COCC(F)(F)F)c1. The number of halogens is 7. The fourth-order valence-electron chi connectivity index (χ4n) is 2.72. The Kier molecular flexibility index (Phi) is 6.82. The van der Waals surface area contributed by atoms with Gasteiger partial charge >= 0.3 is 6.18 Å². The molecule has 1 aromatic heterocycles. The van der Waals surface area contributed by atoms with Crippen LogP contribution in [0.15, 0.2) is 42.6 Å². The number of rotatable bonds is 7. The lowest BCUT2D eigenvalue weighted by atomic mass is 10.1. The molecule has 0 unspecified atom stereocenters. The molecule has 0 bridgehead atoms. The maximum atomic E-state index is 13.8. The Morgan fingerprint density at radius 2 is 1.72 bits per heavy atom. The molecule has 0 fully saturated rings. The van der Waals surface area contributed by atoms with Crippen LogP contribution in [0.4, 0.5) is 36.6 Å². The van der Waals surface area contributed by atoms with Gasteiger partial charge in [0, 0.05) is 23.9 Å². The summed E-state index contributed by atoms with van der Waals surface area (Å²) in [6.07, 6.45) is -3.25. The molecule has 0 atom stereocenters. The van der Waals surface area contributed by atoms with E-state index in [1.54, 1.807) is 0 Å². The van der Waals surface area contributed by atoms with Crippen molar-refractivity contribution in [1.29, 1.82) is 0 Å². The minimum Gasteiger partial charge on any atom is -0.367 e. The highest BCUT2D eigenvalue weighted by Gasteiger charge is 2.27. The van der Waals surface area contributed by atoms with Gasteiger partial charge in [0.25, 0.3) is 5.91 Å². The first-order valence-electron chi connectivity index (χ1n) is 8.93. The predicted octanol–water partition coefficient (Wildman–Crippen LogP) is 4.82. The van der Waals surface area contributed by atoms with Crippen LogP contribution in [-0.4, -0.2) is 28.5 Å². The number of hydrogen-bond donors (Lipinski definition) is 1. The molecule has 2 aromatic carbocycles. The number of carbonyl (C=O) groups excluding carboxylic acids is 1. The number of ether oxygens (including phenoxy) is 1. The second-order valence-corrected chi connectivity index (χ2v) is 6.61. The van der Waals surface area contributed by atoms with Gasteiger partial charge in [-0.25, -0.2) is 17.6 Å². The fourth-order valence-corrected chi connectivity index (χ4v) is 2.72. The monoisotopic (exact) mass is 461 g/mol. The molecule has 0 spiro atoms. The van der Waals surface area contributed by atoms with E-state index in [1.807, 2.05) is 0 Å². The van der Waals surface area contributed by atoms with Crippen molar-refractivity contribution in [3.05, 3.63) is 82.6 Å². The Hall–Kier alpha value is -3.41. The van der Waals surface area contributed by atoms with E-state index >= 15 is 0 Å². The van der Waals surface area contributed by atoms with Crippen molar-refractivity contribution in [3.8, 4) is 0 Å². The number of anilines is 1. The molecular weight excluding hydrogens is 447 g/mol. The third-order valence-corrected chi connectivity index (χ3v) is 4.13. The Morgan fingerprint density at radius 3 is 2.38 bits per heavy atom. The van der Waals surface area contributed by atoms with Crippen LogP contribution in [0, 0.1) is 23.3 Å². The van der Waals surface area contributed by atoms with Gasteiger partial charge < -0.3 is 10.1 Å². The van der Waals surface area contributed by atoms with E-state index in [2.05, 4.69) is 15.2 Å². The minimum atomic E-state index is -4.48. The van der Waals surface area contributed by atoms with Gasteiger partial charge in [-0.2, -0.15) is 18.3 Å². The molecule has 170 valence electrons. The molecule has 1 heterocycles. The minimum absolute atomic E-state index is 0.0357. The van der Waals surface area contributed by atoms with Gasteiger partial charge in [-0.05, 0) is 17.7 Å². The highest BCUT2D eigenvalue weighted by Crippen LogP contribution is 2.21. The van der Waals surface area contributed by atoms with Gasteiger partial charge in [-0.15, -0.1) is 0 Å². The third-order valence-electron chi connectivity index (χ3n) is 4.13. The summed E-state index contributed by atoms with van der Waals surface area (Å²) in [5.74, 6) is -6.94. The van der Waals surface area contributed by atoms with E-state index < -0.39 is 54.1 Å². The van der Waals surface area contributed by atoms with Crippen LogP contribution >= 0.6 is 0 Å². The summed E-state index contributed by atoms with van der Waals surface area (Å²) in [4.78, 5) is 12.4. The van der Waals surface area contributed by atoms with Crippen LogP contribution in [-0.2, 0) is 17.9 Å². The lowest BCUT2D eigenvalue weighted by molar-refractivity contribution is -0.176. The standard InChI is InChI=1S/C20H14F7N3O2/c21-14-7-15(22)18(24)13(17(14)23)8-30-5-4-16(29-30)28-19(31)12-3-1-2-11(6-12)9-32-10-20(25,26)27/h1-7H,8-10H2,(H,28,29,31). The van der Waals surface area contributed by atoms with Crippen LogP contribution in [0.5, 0.6) is 0 Å². The summed E-state index contributed by atoms with van der Waals surface area (Å²) in [6.45, 7) is -2.44. The van der Waals surface area contributed by atoms with Gasteiger partial charge in [0.05, 0.1) is 18.7 Å². The molecular formula is C20H14F7N3O2. The zero-order valence-electron chi connectivity index (χ0n) is 16.0. The number of nitrogens with zero attached hydrogens (tertiary/aromatic N) is 2. The van der Waals surface area contributed by atoms with E-state index in [-0.39, 0.29) is 24.1 Å². The van der Waals surface area contributed by atoms with Crippen molar-refractivity contribution < 1.29 is 40.3 Å². The number of nitrogens with one attached hydrogen (secondary N) is 1. The van der Waals surface area contributed by atoms with Gasteiger partial charge in [0.2, 0.25) is 0 Å². The summed E-state index contributed by atoms with van der Waals surface area (Å²) in [6, 6.07) is 7.01. The smallest absolute Gasteiger partial charge is 0.367 e. The fraction of sp³-hybridized carbons (Fsp3) is 0.200. The average molecular weight is 461 g/mol. The Bertz CT molecular complexity index is 1100. The number of carbonyl (C=O) groups is 1. The third kappa shape index (κ3) is 5.84. The lowest BCUT2D eigenvalue weighted by Crippen LogP contribution is -2.17. The molecule has 0 saturated heterocycles. The molecule has 1 N–H and O–H groups in total. The highest BCUT2D eigenvalue weighted by atomic mass is 19.4. The number of benzene rings is 2. The number of aromatic nitrogens is 2. The molecule has 0 saturated carbocycles. The Morgan fingerprint density at radius 1 is 1.03 bits per heavy atom. The van der Waals surface area contributed by atoms with Crippen LogP contribution in [0.25, 0.3) is 0 Å². The van der Waals surface area contributed by atoms with E-state index in [9.17, 15) is 35.5 Å². The highest BCUT2D eigenvalue weighted by molar-refractivity contribution is 6.03. The number of alkyl halides is 3. The molecule has 0 aliphatic carbocycles. The van der Waals surface area contributed by atoms with E-state index in [0.29, 0.717) is 5.56 Å². The molecule has 0 radical (unpaired) electrons. The van der Waals surface area contributed by atoms with E-state index in [1.165, 1.54) is 36.5 Å². The van der Waals surface area contributed by atoms with Gasteiger partial charge in [0.15, 0.2) is 29.1 Å². The first kappa shape index (κ1) is 23.3. The molecule has 12 heteroatoms. The molecule has 5 nitrogen and oxygen atoms in total. The normalized spacial score (nSPS) is 11.6. The zero-order valence-corrected chi connectivity index (χ0v) is 16.0. The first-order valence-corrected chi connectivity index (χ1v) is 8.93. The van der Waals surface area contributed by atoms with Crippen LogP contribution in [0.1, 0.15) is 21.5 Å². The Labute approximate surface area is 176 Å². The second kappa shape index (κ2) is 9.39. The molecule has 32 heavy (non-hydrogen) atoms. The van der Waals surface area contributed by atoms with Crippen molar-refractivity contribution >= 4 is 11.7 Å². The molecule has 3 aromatic rings. The molecule has 3 rings (SSSR count). The van der Waals surface area contributed by atoms with Crippen molar-refractivity contribution in [2.24, 2.45) is 0 Å². The van der Waals surface area contributed by atoms with Crippen LogP contribution < -0.4 is 5.32 Å². The summed E-state index contributed by atoms with van der Waals surface area (Å²) in [5, 5.41) is 6.27. The summed E-state index contributed by atoms with van der Waals surface area (Å²) >= 11 is 0. The van der Waals surface area contributed by atoms with Crippen LogP contribution in [0.2, 0.25) is 0 Å². The topological polar surface area (TPSA) is 56.2 Å². The average Bonchev–Trinajstić information content (AvgIpc) is 3.16. The van der Waals surface area contributed by atoms with Gasteiger partial charge in [-0.1, -0.05) is 12.1 Å². The van der Waals surface area contributed by atoms with Crippen LogP contribution in [0.3, 0.4) is 0 Å². The Balaban J connectivity index is 1.66. The van der Waals surface area contributed by atoms with Gasteiger partial charge in [0.1, 0.15) is 6.61 Å². The first-order chi connectivity index (χ1) is 15.0. The van der Waals surface area contributed by atoms with E-state index in [4.69, 9.17) is 0 Å². The summed E-state index contributed by atoms with van der Waals surface area (Å²) < 4.78 is 96.2. The lowest BCUT2D eigenvalue weighted by Gasteiger charge is -2.09. The largest absolute Gasteiger partial charge is 0.411 e.